The van der Waals surface area contributed by atoms with Gasteiger partial charge in [0.15, 0.2) is 0 Å². The summed E-state index contributed by atoms with van der Waals surface area (Å²) in [6.07, 6.45) is 5.13. The summed E-state index contributed by atoms with van der Waals surface area (Å²) in [7, 11) is 3.25. The van der Waals surface area contributed by atoms with Crippen LogP contribution in [0.15, 0.2) is 12.3 Å². The summed E-state index contributed by atoms with van der Waals surface area (Å²) < 4.78 is 26.5. The van der Waals surface area contributed by atoms with Crippen LogP contribution in [-0.4, -0.2) is 46.6 Å². The quantitative estimate of drug-likeness (QED) is 0.496. The van der Waals surface area contributed by atoms with Gasteiger partial charge in [0.25, 0.3) is 0 Å². The fourth-order valence-corrected chi connectivity index (χ4v) is 2.57. The number of hydrogen-bond acceptors (Lipinski definition) is 5. The maximum atomic E-state index is 5.67. The van der Waals surface area contributed by atoms with Crippen LogP contribution in [0.25, 0.3) is 0 Å². The third-order valence-electron chi connectivity index (χ3n) is 3.33. The topological polar surface area (TPSA) is 46.2 Å². The molecule has 0 spiro atoms. The minimum atomic E-state index is 0.131. The highest BCUT2D eigenvalue weighted by Gasteiger charge is 2.45. The Hall–Kier alpha value is -0.620. The SMILES string of the molecule is COCOCC1C(OCOC)C[C@H]2OC=CC12. The first-order valence-corrected chi connectivity index (χ1v) is 5.86. The monoisotopic (exact) mass is 244 g/mol. The summed E-state index contributed by atoms with van der Waals surface area (Å²) in [5.41, 5.74) is 0. The highest BCUT2D eigenvalue weighted by molar-refractivity contribution is 5.06. The van der Waals surface area contributed by atoms with Gasteiger partial charge in [-0.3, -0.25) is 0 Å². The first-order chi connectivity index (χ1) is 8.36. The molecule has 0 bridgehead atoms. The number of ether oxygens (including phenoxy) is 5. The van der Waals surface area contributed by atoms with Crippen LogP contribution >= 0.6 is 0 Å². The van der Waals surface area contributed by atoms with Crippen molar-refractivity contribution in [1.29, 1.82) is 0 Å². The maximum absolute atomic E-state index is 5.67. The number of methoxy groups -OCH3 is 2. The van der Waals surface area contributed by atoms with Gasteiger partial charge in [0, 0.05) is 32.5 Å². The normalized spacial score (nSPS) is 34.9. The van der Waals surface area contributed by atoms with E-state index in [0.717, 1.165) is 6.42 Å². The van der Waals surface area contributed by atoms with Crippen LogP contribution in [0, 0.1) is 11.8 Å². The molecular weight excluding hydrogens is 224 g/mol. The predicted octanol–water partition coefficient (Wildman–Crippen LogP) is 1.14. The van der Waals surface area contributed by atoms with Crippen molar-refractivity contribution in [3.8, 4) is 0 Å². The van der Waals surface area contributed by atoms with E-state index in [1.165, 1.54) is 0 Å². The Bertz CT molecular complexity index is 255. The molecule has 0 radical (unpaired) electrons. The molecule has 5 nitrogen and oxygen atoms in total. The molecule has 2 aliphatic rings. The Morgan fingerprint density at radius 2 is 2.06 bits per heavy atom. The molecule has 1 saturated carbocycles. The third kappa shape index (κ3) is 2.98. The van der Waals surface area contributed by atoms with E-state index in [1.807, 2.05) is 0 Å². The first kappa shape index (κ1) is 12.8. The lowest BCUT2D eigenvalue weighted by Gasteiger charge is -2.22. The van der Waals surface area contributed by atoms with E-state index in [-0.39, 0.29) is 12.2 Å². The van der Waals surface area contributed by atoms with Gasteiger partial charge >= 0.3 is 0 Å². The van der Waals surface area contributed by atoms with Crippen molar-refractivity contribution < 1.29 is 23.7 Å². The van der Waals surface area contributed by atoms with E-state index >= 15 is 0 Å². The minimum absolute atomic E-state index is 0.131. The van der Waals surface area contributed by atoms with Crippen molar-refractivity contribution >= 4 is 0 Å². The van der Waals surface area contributed by atoms with Gasteiger partial charge in [-0.05, 0) is 6.08 Å². The zero-order valence-corrected chi connectivity index (χ0v) is 10.3. The lowest BCUT2D eigenvalue weighted by Crippen LogP contribution is -2.27. The summed E-state index contributed by atoms with van der Waals surface area (Å²) in [6, 6.07) is 0. The standard InChI is InChI=1S/C12H20O5/c1-13-7-15-6-10-9-3-4-16-11(9)5-12(10)17-8-14-2/h3-4,9-12H,5-8H2,1-2H3/t9?,10?,11-,12?/m1/s1. The highest BCUT2D eigenvalue weighted by atomic mass is 16.7. The summed E-state index contributed by atoms with van der Waals surface area (Å²) in [5.74, 6) is 0.692. The molecule has 0 aromatic carbocycles. The molecule has 1 aliphatic carbocycles. The Kier molecular flexibility index (Phi) is 4.79. The molecule has 0 aromatic rings. The zero-order chi connectivity index (χ0) is 12.1. The van der Waals surface area contributed by atoms with Gasteiger partial charge in [-0.2, -0.15) is 0 Å². The third-order valence-corrected chi connectivity index (χ3v) is 3.33. The largest absolute Gasteiger partial charge is 0.498 e. The van der Waals surface area contributed by atoms with Crippen molar-refractivity contribution in [1.82, 2.24) is 0 Å². The molecule has 1 aliphatic heterocycles. The molecule has 1 fully saturated rings. The minimum Gasteiger partial charge on any atom is -0.498 e. The summed E-state index contributed by atoms with van der Waals surface area (Å²) in [4.78, 5) is 0. The fraction of sp³-hybridized carbons (Fsp3) is 0.833. The van der Waals surface area contributed by atoms with Crippen LogP contribution < -0.4 is 0 Å². The van der Waals surface area contributed by atoms with Crippen LogP contribution in [0.4, 0.5) is 0 Å². The zero-order valence-electron chi connectivity index (χ0n) is 10.3. The first-order valence-electron chi connectivity index (χ1n) is 5.86. The molecule has 0 amide bonds. The molecule has 5 heteroatoms. The van der Waals surface area contributed by atoms with Crippen molar-refractivity contribution in [2.45, 2.75) is 18.6 Å². The number of rotatable bonds is 7. The van der Waals surface area contributed by atoms with E-state index in [2.05, 4.69) is 6.08 Å². The Morgan fingerprint density at radius 1 is 1.24 bits per heavy atom. The molecule has 4 atom stereocenters. The molecular formula is C12H20O5. The average molecular weight is 244 g/mol. The van der Waals surface area contributed by atoms with E-state index in [4.69, 9.17) is 23.7 Å². The molecule has 98 valence electrons. The highest BCUT2D eigenvalue weighted by Crippen LogP contribution is 2.40. The smallest absolute Gasteiger partial charge is 0.146 e. The van der Waals surface area contributed by atoms with E-state index in [0.29, 0.717) is 32.0 Å². The van der Waals surface area contributed by atoms with E-state index in [9.17, 15) is 0 Å². The predicted molar refractivity (Wildman–Crippen MR) is 60.2 cm³/mol. The van der Waals surface area contributed by atoms with Crippen molar-refractivity contribution in [2.24, 2.45) is 11.8 Å². The van der Waals surface area contributed by atoms with Crippen LogP contribution in [0.5, 0.6) is 0 Å². The lowest BCUT2D eigenvalue weighted by atomic mass is 9.95. The molecule has 0 saturated heterocycles. The molecule has 3 unspecified atom stereocenters. The summed E-state index contributed by atoms with van der Waals surface area (Å²) in [6.45, 7) is 1.25. The van der Waals surface area contributed by atoms with Gasteiger partial charge in [0.2, 0.25) is 0 Å². The second-order valence-corrected chi connectivity index (χ2v) is 4.37. The molecule has 17 heavy (non-hydrogen) atoms. The van der Waals surface area contributed by atoms with Crippen molar-refractivity contribution in [2.75, 3.05) is 34.4 Å². The molecule has 1 heterocycles. The van der Waals surface area contributed by atoms with Crippen LogP contribution in [0.1, 0.15) is 6.42 Å². The van der Waals surface area contributed by atoms with Gasteiger partial charge in [-0.15, -0.1) is 0 Å². The second kappa shape index (κ2) is 6.35. The van der Waals surface area contributed by atoms with Crippen molar-refractivity contribution in [3.63, 3.8) is 0 Å². The molecule has 2 rings (SSSR count). The summed E-state index contributed by atoms with van der Waals surface area (Å²) >= 11 is 0. The number of fused-ring (bicyclic) bond motifs is 1. The van der Waals surface area contributed by atoms with E-state index < -0.39 is 0 Å². The van der Waals surface area contributed by atoms with Crippen LogP contribution in [-0.2, 0) is 23.7 Å². The van der Waals surface area contributed by atoms with E-state index in [1.54, 1.807) is 20.5 Å². The van der Waals surface area contributed by atoms with Gasteiger partial charge in [-0.1, -0.05) is 0 Å². The Morgan fingerprint density at radius 3 is 2.82 bits per heavy atom. The Labute approximate surface area is 102 Å². The fourth-order valence-electron chi connectivity index (χ4n) is 2.57. The summed E-state index contributed by atoms with van der Waals surface area (Å²) in [5, 5.41) is 0. The van der Waals surface area contributed by atoms with Gasteiger partial charge in [0.1, 0.15) is 19.7 Å². The molecule has 0 aromatic heterocycles. The van der Waals surface area contributed by atoms with Crippen molar-refractivity contribution in [3.05, 3.63) is 12.3 Å². The average Bonchev–Trinajstić information content (AvgIpc) is 2.89. The molecule has 0 N–H and O–H groups in total. The van der Waals surface area contributed by atoms with Crippen LogP contribution in [0.2, 0.25) is 0 Å². The Balaban J connectivity index is 1.88. The van der Waals surface area contributed by atoms with Gasteiger partial charge in [-0.25, -0.2) is 0 Å². The second-order valence-electron chi connectivity index (χ2n) is 4.37. The van der Waals surface area contributed by atoms with Gasteiger partial charge in [0.05, 0.1) is 19.0 Å². The van der Waals surface area contributed by atoms with Gasteiger partial charge < -0.3 is 23.7 Å². The van der Waals surface area contributed by atoms with Crippen LogP contribution in [0.3, 0.4) is 0 Å². The number of hydrogen-bond donors (Lipinski definition) is 0. The maximum Gasteiger partial charge on any atom is 0.146 e. The lowest BCUT2D eigenvalue weighted by molar-refractivity contribution is -0.109.